The Morgan fingerprint density at radius 3 is 2.96 bits per heavy atom. The Balaban J connectivity index is 1.57. The van der Waals surface area contributed by atoms with E-state index in [-0.39, 0.29) is 5.91 Å². The molecular formula is C18H21N3OS. The summed E-state index contributed by atoms with van der Waals surface area (Å²) in [6.45, 7) is 4.83. The molecule has 3 rings (SSSR count). The average molecular weight is 327 g/mol. The molecule has 2 heterocycles. The van der Waals surface area contributed by atoms with Crippen LogP contribution in [0.5, 0.6) is 0 Å². The Morgan fingerprint density at radius 1 is 1.35 bits per heavy atom. The second-order valence-electron chi connectivity index (χ2n) is 5.92. The zero-order valence-electron chi connectivity index (χ0n) is 13.5. The summed E-state index contributed by atoms with van der Waals surface area (Å²) in [7, 11) is 0. The van der Waals surface area contributed by atoms with Crippen LogP contribution in [0.3, 0.4) is 0 Å². The van der Waals surface area contributed by atoms with Crippen molar-refractivity contribution in [3.8, 4) is 0 Å². The molecule has 0 atom stereocenters. The molecular weight excluding hydrogens is 306 g/mol. The maximum absolute atomic E-state index is 11.9. The van der Waals surface area contributed by atoms with Crippen molar-refractivity contribution in [2.45, 2.75) is 39.3 Å². The maximum Gasteiger partial charge on any atom is 0.220 e. The number of nitrogens with zero attached hydrogens (tertiary/aromatic N) is 2. The molecule has 0 unspecified atom stereocenters. The zero-order chi connectivity index (χ0) is 16.2. The number of benzene rings is 1. The molecule has 0 spiro atoms. The van der Waals surface area contributed by atoms with Crippen LogP contribution in [0, 0.1) is 0 Å². The highest BCUT2D eigenvalue weighted by Gasteiger charge is 2.07. The fourth-order valence-corrected chi connectivity index (χ4v) is 3.29. The third-order valence-corrected chi connectivity index (χ3v) is 4.80. The van der Waals surface area contributed by atoms with Crippen LogP contribution >= 0.6 is 11.3 Å². The van der Waals surface area contributed by atoms with Crippen molar-refractivity contribution < 1.29 is 4.79 Å². The van der Waals surface area contributed by atoms with Gasteiger partial charge in [-0.25, -0.2) is 4.98 Å². The van der Waals surface area contributed by atoms with Gasteiger partial charge in [0.15, 0.2) is 0 Å². The summed E-state index contributed by atoms with van der Waals surface area (Å²) in [6, 6.07) is 10.7. The average Bonchev–Trinajstić information content (AvgIpc) is 3.19. The number of hydrogen-bond donors (Lipinski definition) is 1. The lowest BCUT2D eigenvalue weighted by Gasteiger charge is -2.08. The van der Waals surface area contributed by atoms with Crippen LogP contribution in [-0.4, -0.2) is 15.5 Å². The first kappa shape index (κ1) is 15.7. The fourth-order valence-electron chi connectivity index (χ4n) is 2.58. The molecule has 0 bridgehead atoms. The Labute approximate surface area is 140 Å². The summed E-state index contributed by atoms with van der Waals surface area (Å²) < 4.78 is 2.15. The Kier molecular flexibility index (Phi) is 4.76. The van der Waals surface area contributed by atoms with Gasteiger partial charge in [0.1, 0.15) is 0 Å². The summed E-state index contributed by atoms with van der Waals surface area (Å²) >= 11 is 1.69. The first-order valence-corrected chi connectivity index (χ1v) is 8.76. The molecule has 0 aliphatic carbocycles. The van der Waals surface area contributed by atoms with E-state index in [4.69, 9.17) is 0 Å². The number of nitrogens with one attached hydrogen (secondary N) is 1. The van der Waals surface area contributed by atoms with Crippen molar-refractivity contribution in [3.63, 3.8) is 0 Å². The number of hydrogen-bond acceptors (Lipinski definition) is 3. The van der Waals surface area contributed by atoms with Crippen LogP contribution < -0.4 is 5.32 Å². The number of aromatic nitrogens is 2. The summed E-state index contributed by atoms with van der Waals surface area (Å²) in [4.78, 5) is 17.6. The van der Waals surface area contributed by atoms with E-state index < -0.39 is 0 Å². The maximum atomic E-state index is 11.9. The van der Waals surface area contributed by atoms with Gasteiger partial charge in [-0.3, -0.25) is 4.79 Å². The van der Waals surface area contributed by atoms with Crippen molar-refractivity contribution >= 4 is 28.3 Å². The van der Waals surface area contributed by atoms with Gasteiger partial charge in [-0.05, 0) is 49.4 Å². The number of rotatable bonds is 6. The molecule has 1 N–H and O–H groups in total. The first-order valence-electron chi connectivity index (χ1n) is 7.88. The van der Waals surface area contributed by atoms with Crippen molar-refractivity contribution in [1.82, 2.24) is 14.9 Å². The highest BCUT2D eigenvalue weighted by Crippen LogP contribution is 2.18. The molecule has 0 aliphatic heterocycles. The van der Waals surface area contributed by atoms with Gasteiger partial charge in [-0.2, -0.15) is 0 Å². The van der Waals surface area contributed by atoms with Gasteiger partial charge in [0, 0.05) is 23.9 Å². The Hall–Kier alpha value is -2.14. The van der Waals surface area contributed by atoms with Crippen LogP contribution in [0.4, 0.5) is 0 Å². The topological polar surface area (TPSA) is 46.9 Å². The number of aryl methyl sites for hydroxylation is 1. The lowest BCUT2D eigenvalue weighted by Crippen LogP contribution is -2.22. The van der Waals surface area contributed by atoms with Gasteiger partial charge in [0.25, 0.3) is 0 Å². The molecule has 120 valence electrons. The van der Waals surface area contributed by atoms with E-state index >= 15 is 0 Å². The van der Waals surface area contributed by atoms with Gasteiger partial charge < -0.3 is 9.88 Å². The standard InChI is InChI=1S/C18H21N3OS/c1-13(2)21-12-20-16-10-14(5-7-17(16)21)11-19-18(22)8-6-15-4-3-9-23-15/h3-5,7,9-10,12-13H,6,8,11H2,1-2H3,(H,19,22). The predicted molar refractivity (Wildman–Crippen MR) is 94.6 cm³/mol. The molecule has 3 aromatic rings. The van der Waals surface area contributed by atoms with Crippen LogP contribution in [0.2, 0.25) is 0 Å². The predicted octanol–water partition coefficient (Wildman–Crippen LogP) is 3.93. The van der Waals surface area contributed by atoms with E-state index in [1.165, 1.54) is 4.88 Å². The van der Waals surface area contributed by atoms with Gasteiger partial charge in [0.05, 0.1) is 17.4 Å². The van der Waals surface area contributed by atoms with Gasteiger partial charge in [-0.15, -0.1) is 11.3 Å². The van der Waals surface area contributed by atoms with E-state index in [1.54, 1.807) is 11.3 Å². The van der Waals surface area contributed by atoms with Gasteiger partial charge >= 0.3 is 0 Å². The Bertz CT molecular complexity index is 790. The quantitative estimate of drug-likeness (QED) is 0.746. The molecule has 23 heavy (non-hydrogen) atoms. The number of carbonyl (C=O) groups excluding carboxylic acids is 1. The molecule has 0 radical (unpaired) electrons. The molecule has 0 aliphatic rings. The molecule has 0 fully saturated rings. The summed E-state index contributed by atoms with van der Waals surface area (Å²) in [5, 5.41) is 5.03. The largest absolute Gasteiger partial charge is 0.352 e. The highest BCUT2D eigenvalue weighted by molar-refractivity contribution is 7.09. The molecule has 1 aromatic carbocycles. The van der Waals surface area contributed by atoms with Crippen LogP contribution in [0.15, 0.2) is 42.0 Å². The number of imidazole rings is 1. The van der Waals surface area contributed by atoms with Crippen molar-refractivity contribution in [1.29, 1.82) is 0 Å². The van der Waals surface area contributed by atoms with Gasteiger partial charge in [0.2, 0.25) is 5.91 Å². The van der Waals surface area contributed by atoms with Crippen molar-refractivity contribution in [3.05, 3.63) is 52.5 Å². The molecule has 0 saturated heterocycles. The normalized spacial score (nSPS) is 11.3. The smallest absolute Gasteiger partial charge is 0.220 e. The van der Waals surface area contributed by atoms with Crippen molar-refractivity contribution in [2.75, 3.05) is 0 Å². The van der Waals surface area contributed by atoms with Crippen LogP contribution in [0.25, 0.3) is 11.0 Å². The number of carbonyl (C=O) groups is 1. The molecule has 0 saturated carbocycles. The van der Waals surface area contributed by atoms with E-state index in [0.717, 1.165) is 23.0 Å². The molecule has 2 aromatic heterocycles. The second kappa shape index (κ2) is 6.96. The van der Waals surface area contributed by atoms with E-state index in [0.29, 0.717) is 19.0 Å². The zero-order valence-corrected chi connectivity index (χ0v) is 14.3. The summed E-state index contributed by atoms with van der Waals surface area (Å²) in [5.74, 6) is 0.0891. The lowest BCUT2D eigenvalue weighted by molar-refractivity contribution is -0.121. The number of thiophene rings is 1. The monoisotopic (exact) mass is 327 g/mol. The summed E-state index contributed by atoms with van der Waals surface area (Å²) in [5.41, 5.74) is 3.19. The minimum atomic E-state index is 0.0891. The minimum Gasteiger partial charge on any atom is -0.352 e. The Morgan fingerprint density at radius 2 is 2.22 bits per heavy atom. The van der Waals surface area contributed by atoms with Crippen molar-refractivity contribution in [2.24, 2.45) is 0 Å². The van der Waals surface area contributed by atoms with Crippen LogP contribution in [0.1, 0.15) is 36.8 Å². The second-order valence-corrected chi connectivity index (χ2v) is 6.96. The third kappa shape index (κ3) is 3.79. The number of amides is 1. The van der Waals surface area contributed by atoms with Crippen LogP contribution in [-0.2, 0) is 17.8 Å². The van der Waals surface area contributed by atoms with E-state index in [2.05, 4.69) is 46.9 Å². The lowest BCUT2D eigenvalue weighted by atomic mass is 10.2. The third-order valence-electron chi connectivity index (χ3n) is 3.86. The van der Waals surface area contributed by atoms with Gasteiger partial charge in [-0.1, -0.05) is 12.1 Å². The molecule has 1 amide bonds. The van der Waals surface area contributed by atoms with E-state index in [1.807, 2.05) is 23.8 Å². The summed E-state index contributed by atoms with van der Waals surface area (Å²) in [6.07, 6.45) is 3.21. The first-order chi connectivity index (χ1) is 11.1. The number of fused-ring (bicyclic) bond motifs is 1. The van der Waals surface area contributed by atoms with E-state index in [9.17, 15) is 4.79 Å². The minimum absolute atomic E-state index is 0.0891. The SMILES string of the molecule is CC(C)n1cnc2cc(CNC(=O)CCc3cccs3)ccc21. The molecule has 4 nitrogen and oxygen atoms in total. The highest BCUT2D eigenvalue weighted by atomic mass is 32.1. The molecule has 5 heteroatoms. The fraction of sp³-hybridized carbons (Fsp3) is 0.333.